The van der Waals surface area contributed by atoms with Crippen molar-refractivity contribution >= 4 is 28.3 Å². The van der Waals surface area contributed by atoms with E-state index in [-0.39, 0.29) is 29.3 Å². The van der Waals surface area contributed by atoms with Crippen molar-refractivity contribution in [1.82, 2.24) is 14.9 Å². The summed E-state index contributed by atoms with van der Waals surface area (Å²) in [6.07, 6.45) is 5.01. The Morgan fingerprint density at radius 3 is 2.59 bits per heavy atom. The number of nitrogens with zero attached hydrogens (tertiary/aromatic N) is 1. The molecule has 8 heteroatoms. The molecular weight excluding hydrogens is 386 g/mol. The number of amides is 1. The minimum absolute atomic E-state index is 0. The zero-order valence-electron chi connectivity index (χ0n) is 15.8. The molecule has 0 aromatic heterocycles. The van der Waals surface area contributed by atoms with Crippen LogP contribution in [0.3, 0.4) is 0 Å². The minimum Gasteiger partial charge on any atom is -0.352 e. The molecule has 2 unspecified atom stereocenters. The van der Waals surface area contributed by atoms with Gasteiger partial charge in [0, 0.05) is 24.7 Å². The number of halogens is 1. The number of hydrogen-bond acceptors (Lipinski definition) is 4. The lowest BCUT2D eigenvalue weighted by molar-refractivity contribution is 0.0951. The van der Waals surface area contributed by atoms with Gasteiger partial charge < -0.3 is 10.6 Å². The molecule has 1 aromatic carbocycles. The summed E-state index contributed by atoms with van der Waals surface area (Å²) in [6, 6.07) is 6.34. The van der Waals surface area contributed by atoms with Gasteiger partial charge in [0.25, 0.3) is 5.91 Å². The molecule has 0 radical (unpaired) electrons. The molecule has 27 heavy (non-hydrogen) atoms. The largest absolute Gasteiger partial charge is 0.352 e. The molecule has 152 valence electrons. The van der Waals surface area contributed by atoms with E-state index in [1.807, 2.05) is 6.92 Å². The highest BCUT2D eigenvalue weighted by Crippen LogP contribution is 2.25. The van der Waals surface area contributed by atoms with Gasteiger partial charge >= 0.3 is 0 Å². The first-order chi connectivity index (χ1) is 12.5. The Kier molecular flexibility index (Phi) is 8.09. The highest BCUT2D eigenvalue weighted by atomic mass is 35.5. The summed E-state index contributed by atoms with van der Waals surface area (Å²) in [6.45, 7) is 5.26. The molecule has 2 fully saturated rings. The van der Waals surface area contributed by atoms with E-state index in [0.717, 1.165) is 45.2 Å². The monoisotopic (exact) mass is 415 g/mol. The van der Waals surface area contributed by atoms with E-state index in [2.05, 4.69) is 10.6 Å². The summed E-state index contributed by atoms with van der Waals surface area (Å²) in [7, 11) is -3.49. The van der Waals surface area contributed by atoms with Crippen LogP contribution in [0, 0.1) is 5.92 Å². The zero-order valence-corrected chi connectivity index (χ0v) is 17.4. The molecule has 0 bridgehead atoms. The second-order valence-electron chi connectivity index (χ2n) is 7.39. The fourth-order valence-corrected chi connectivity index (χ4v) is 5.49. The fourth-order valence-electron chi connectivity index (χ4n) is 3.80. The van der Waals surface area contributed by atoms with E-state index in [1.54, 1.807) is 28.6 Å². The summed E-state index contributed by atoms with van der Waals surface area (Å²) in [4.78, 5) is 12.5. The Morgan fingerprint density at radius 1 is 1.22 bits per heavy atom. The number of carbonyl (C=O) groups is 1. The molecular formula is C19H30ClN3O3S. The molecule has 3 rings (SSSR count). The van der Waals surface area contributed by atoms with Gasteiger partial charge in [0.1, 0.15) is 0 Å². The van der Waals surface area contributed by atoms with Crippen LogP contribution in [0.1, 0.15) is 49.4 Å². The average Bonchev–Trinajstić information content (AvgIpc) is 3.15. The van der Waals surface area contributed by atoms with E-state index in [1.165, 1.54) is 0 Å². The minimum atomic E-state index is -3.49. The van der Waals surface area contributed by atoms with Crippen LogP contribution in [-0.4, -0.2) is 50.9 Å². The average molecular weight is 416 g/mol. The van der Waals surface area contributed by atoms with Crippen LogP contribution < -0.4 is 10.6 Å². The maximum absolute atomic E-state index is 12.8. The van der Waals surface area contributed by atoms with Crippen LogP contribution in [0.25, 0.3) is 0 Å². The lowest BCUT2D eigenvalue weighted by Gasteiger charge is -2.32. The molecule has 0 spiro atoms. The lowest BCUT2D eigenvalue weighted by Crippen LogP contribution is -2.41. The molecule has 1 amide bonds. The predicted octanol–water partition coefficient (Wildman–Crippen LogP) is 2.40. The first kappa shape index (κ1) is 22.1. The third-order valence-corrected chi connectivity index (χ3v) is 7.49. The second kappa shape index (κ2) is 9.87. The maximum atomic E-state index is 12.8. The Balaban J connectivity index is 0.00000261. The van der Waals surface area contributed by atoms with Gasteiger partial charge in [-0.2, -0.15) is 4.31 Å². The van der Waals surface area contributed by atoms with E-state index in [0.29, 0.717) is 24.6 Å². The Labute approximate surface area is 168 Å². The molecule has 0 saturated carbocycles. The predicted molar refractivity (Wildman–Crippen MR) is 109 cm³/mol. The van der Waals surface area contributed by atoms with Crippen molar-refractivity contribution in [2.45, 2.75) is 50.0 Å². The van der Waals surface area contributed by atoms with Crippen LogP contribution in [0.15, 0.2) is 29.2 Å². The van der Waals surface area contributed by atoms with Gasteiger partial charge in [-0.25, -0.2) is 8.42 Å². The number of rotatable bonds is 6. The fraction of sp³-hybridized carbons (Fsp3) is 0.632. The number of nitrogens with one attached hydrogen (secondary N) is 2. The quantitative estimate of drug-likeness (QED) is 0.747. The number of carbonyl (C=O) groups excluding carboxylic acids is 1. The smallest absolute Gasteiger partial charge is 0.251 e. The van der Waals surface area contributed by atoms with Crippen molar-refractivity contribution in [3.05, 3.63) is 29.8 Å². The molecule has 2 heterocycles. The zero-order chi connectivity index (χ0) is 18.6. The molecule has 2 atom stereocenters. The van der Waals surface area contributed by atoms with Crippen molar-refractivity contribution in [1.29, 1.82) is 0 Å². The Hall–Kier alpha value is -1.15. The van der Waals surface area contributed by atoms with Crippen LogP contribution >= 0.6 is 12.4 Å². The van der Waals surface area contributed by atoms with Crippen LogP contribution in [-0.2, 0) is 10.0 Å². The van der Waals surface area contributed by atoms with Gasteiger partial charge in [-0.05, 0) is 75.9 Å². The molecule has 2 saturated heterocycles. The van der Waals surface area contributed by atoms with Gasteiger partial charge in [-0.3, -0.25) is 4.79 Å². The van der Waals surface area contributed by atoms with E-state index in [4.69, 9.17) is 0 Å². The third kappa shape index (κ3) is 5.44. The van der Waals surface area contributed by atoms with Crippen molar-refractivity contribution < 1.29 is 13.2 Å². The highest BCUT2D eigenvalue weighted by Gasteiger charge is 2.30. The van der Waals surface area contributed by atoms with Gasteiger partial charge in [0.15, 0.2) is 0 Å². The maximum Gasteiger partial charge on any atom is 0.251 e. The Bertz CT molecular complexity index is 718. The van der Waals surface area contributed by atoms with Gasteiger partial charge in [0.2, 0.25) is 10.0 Å². The van der Waals surface area contributed by atoms with Crippen molar-refractivity contribution in [3.63, 3.8) is 0 Å². The van der Waals surface area contributed by atoms with E-state index >= 15 is 0 Å². The highest BCUT2D eigenvalue weighted by molar-refractivity contribution is 7.89. The van der Waals surface area contributed by atoms with Gasteiger partial charge in [0.05, 0.1) is 4.90 Å². The number of benzene rings is 1. The third-order valence-electron chi connectivity index (χ3n) is 5.47. The summed E-state index contributed by atoms with van der Waals surface area (Å²) in [5.41, 5.74) is 0.500. The van der Waals surface area contributed by atoms with Crippen LogP contribution in [0.2, 0.25) is 0 Å². The topological polar surface area (TPSA) is 78.5 Å². The molecule has 1 aromatic rings. The normalized spacial score (nSPS) is 23.6. The van der Waals surface area contributed by atoms with Gasteiger partial charge in [-0.15, -0.1) is 12.4 Å². The summed E-state index contributed by atoms with van der Waals surface area (Å²) in [5.74, 6) is 0.487. The van der Waals surface area contributed by atoms with E-state index in [9.17, 15) is 13.2 Å². The SMILES string of the molecule is CC1CCCCN1S(=O)(=O)c1ccc(C(=O)NCCC2CCNC2)cc1.Cl. The lowest BCUT2D eigenvalue weighted by atomic mass is 10.1. The molecule has 2 N–H and O–H groups in total. The first-order valence-corrected chi connectivity index (χ1v) is 11.0. The van der Waals surface area contributed by atoms with E-state index < -0.39 is 10.0 Å². The summed E-state index contributed by atoms with van der Waals surface area (Å²) in [5, 5.41) is 6.25. The molecule has 2 aliphatic heterocycles. The second-order valence-corrected chi connectivity index (χ2v) is 9.28. The standard InChI is InChI=1S/C19H29N3O3S.ClH/c1-15-4-2-3-13-22(15)26(24,25)18-7-5-17(6-8-18)19(23)21-12-10-16-9-11-20-14-16;/h5-8,15-16,20H,2-4,9-14H2,1H3,(H,21,23);1H. The number of piperidine rings is 1. The van der Waals surface area contributed by atoms with Crippen molar-refractivity contribution in [2.24, 2.45) is 5.92 Å². The summed E-state index contributed by atoms with van der Waals surface area (Å²) < 4.78 is 27.2. The summed E-state index contributed by atoms with van der Waals surface area (Å²) >= 11 is 0. The van der Waals surface area contributed by atoms with Gasteiger partial charge in [-0.1, -0.05) is 6.42 Å². The number of sulfonamides is 1. The van der Waals surface area contributed by atoms with Crippen LogP contribution in [0.5, 0.6) is 0 Å². The first-order valence-electron chi connectivity index (χ1n) is 9.59. The molecule has 2 aliphatic rings. The molecule has 0 aliphatic carbocycles. The van der Waals surface area contributed by atoms with Crippen molar-refractivity contribution in [2.75, 3.05) is 26.2 Å². The van der Waals surface area contributed by atoms with Crippen molar-refractivity contribution in [3.8, 4) is 0 Å². The van der Waals surface area contributed by atoms with Crippen LogP contribution in [0.4, 0.5) is 0 Å². The number of hydrogen-bond donors (Lipinski definition) is 2. The molecule has 6 nitrogen and oxygen atoms in total. The Morgan fingerprint density at radius 2 is 1.96 bits per heavy atom.